The minimum Gasteiger partial charge on any atom is -0.305 e. The van der Waals surface area contributed by atoms with Gasteiger partial charge in [-0.1, -0.05) is 95.1 Å². The van der Waals surface area contributed by atoms with Gasteiger partial charge < -0.3 is 4.90 Å². The topological polar surface area (TPSA) is 32.7 Å². The number of carbonyl (C=O) groups is 1. The zero-order chi connectivity index (χ0) is 26.3. The summed E-state index contributed by atoms with van der Waals surface area (Å²) in [5.41, 5.74) is 5.28. The SMILES string of the molecule is Cc1ccc(C(CCC(C)(C)C)N2C(=O)C(c3cccc(C)c3)=NC23CCC(C(C)(C)C)CC3)cc1. The summed E-state index contributed by atoms with van der Waals surface area (Å²) in [6, 6.07) is 17.2. The number of carbonyl (C=O) groups excluding carboxylic acids is 1. The lowest BCUT2D eigenvalue weighted by atomic mass is 9.69. The van der Waals surface area contributed by atoms with Crippen molar-refractivity contribution in [2.24, 2.45) is 21.7 Å². The molecular weight excluding hydrogens is 440 g/mol. The van der Waals surface area contributed by atoms with E-state index >= 15 is 0 Å². The molecule has 0 bridgehead atoms. The van der Waals surface area contributed by atoms with Crippen molar-refractivity contribution in [1.82, 2.24) is 4.90 Å². The average molecular weight is 487 g/mol. The molecule has 1 atom stereocenters. The zero-order valence-corrected chi connectivity index (χ0v) is 23.8. The van der Waals surface area contributed by atoms with Gasteiger partial charge in [-0.3, -0.25) is 9.79 Å². The molecule has 0 aromatic heterocycles. The third kappa shape index (κ3) is 5.61. The van der Waals surface area contributed by atoms with E-state index in [1.165, 1.54) is 11.1 Å². The highest BCUT2D eigenvalue weighted by molar-refractivity contribution is 6.46. The second-order valence-corrected chi connectivity index (χ2v) is 13.7. The van der Waals surface area contributed by atoms with Crippen LogP contribution in [0.2, 0.25) is 0 Å². The molecular formula is C33H46N2O. The Kier molecular flexibility index (Phi) is 7.25. The lowest BCUT2D eigenvalue weighted by Crippen LogP contribution is -2.51. The lowest BCUT2D eigenvalue weighted by Gasteiger charge is -2.47. The molecule has 3 nitrogen and oxygen atoms in total. The summed E-state index contributed by atoms with van der Waals surface area (Å²) in [7, 11) is 0. The number of rotatable bonds is 5. The van der Waals surface area contributed by atoms with Crippen LogP contribution in [0.15, 0.2) is 53.5 Å². The molecule has 2 aromatic rings. The Labute approximate surface area is 219 Å². The Balaban J connectivity index is 1.79. The maximum Gasteiger partial charge on any atom is 0.275 e. The highest BCUT2D eigenvalue weighted by Gasteiger charge is 2.52. The molecule has 3 heteroatoms. The molecule has 1 fully saturated rings. The number of aliphatic imine (C=N–C) groups is 1. The van der Waals surface area contributed by atoms with Crippen LogP contribution in [0.5, 0.6) is 0 Å². The molecule has 1 unspecified atom stereocenters. The molecule has 1 amide bonds. The smallest absolute Gasteiger partial charge is 0.275 e. The molecule has 1 saturated carbocycles. The predicted molar refractivity (Wildman–Crippen MR) is 151 cm³/mol. The Morgan fingerprint density at radius 3 is 2.14 bits per heavy atom. The Morgan fingerprint density at radius 2 is 1.58 bits per heavy atom. The van der Waals surface area contributed by atoms with Crippen LogP contribution in [-0.2, 0) is 4.79 Å². The molecule has 4 rings (SSSR count). The minimum atomic E-state index is -0.453. The van der Waals surface area contributed by atoms with Gasteiger partial charge >= 0.3 is 0 Å². The van der Waals surface area contributed by atoms with Crippen LogP contribution in [0, 0.1) is 30.6 Å². The first-order chi connectivity index (χ1) is 16.8. The van der Waals surface area contributed by atoms with Crippen molar-refractivity contribution < 1.29 is 4.79 Å². The normalized spacial score (nSPS) is 23.8. The van der Waals surface area contributed by atoms with E-state index in [1.54, 1.807) is 0 Å². The first-order valence-corrected chi connectivity index (χ1v) is 13.9. The van der Waals surface area contributed by atoms with E-state index in [4.69, 9.17) is 4.99 Å². The van der Waals surface area contributed by atoms with Gasteiger partial charge in [0.1, 0.15) is 11.4 Å². The quantitative estimate of drug-likeness (QED) is 0.417. The van der Waals surface area contributed by atoms with Gasteiger partial charge in [-0.15, -0.1) is 0 Å². The first kappa shape index (κ1) is 26.6. The number of hydrogen-bond donors (Lipinski definition) is 0. The second kappa shape index (κ2) is 9.80. The van der Waals surface area contributed by atoms with Crippen molar-refractivity contribution >= 4 is 11.6 Å². The summed E-state index contributed by atoms with van der Waals surface area (Å²) < 4.78 is 0. The second-order valence-electron chi connectivity index (χ2n) is 13.7. The van der Waals surface area contributed by atoms with Gasteiger partial charge in [-0.2, -0.15) is 0 Å². The largest absolute Gasteiger partial charge is 0.305 e. The third-order valence-electron chi connectivity index (χ3n) is 8.43. The van der Waals surface area contributed by atoms with Crippen LogP contribution in [0.25, 0.3) is 0 Å². The highest BCUT2D eigenvalue weighted by atomic mass is 16.2. The fourth-order valence-corrected chi connectivity index (χ4v) is 6.13. The van der Waals surface area contributed by atoms with Crippen molar-refractivity contribution in [1.29, 1.82) is 0 Å². The number of amides is 1. The Morgan fingerprint density at radius 1 is 0.944 bits per heavy atom. The summed E-state index contributed by atoms with van der Waals surface area (Å²) in [5.74, 6) is 0.764. The Hall–Kier alpha value is -2.42. The van der Waals surface area contributed by atoms with Gasteiger partial charge in [0.05, 0.1) is 6.04 Å². The van der Waals surface area contributed by atoms with Crippen LogP contribution < -0.4 is 0 Å². The number of aryl methyl sites for hydroxylation is 2. The molecule has 0 N–H and O–H groups in total. The first-order valence-electron chi connectivity index (χ1n) is 13.9. The summed E-state index contributed by atoms with van der Waals surface area (Å²) in [6.45, 7) is 18.2. The summed E-state index contributed by atoms with van der Waals surface area (Å²) in [5, 5.41) is 0. The molecule has 0 saturated heterocycles. The van der Waals surface area contributed by atoms with Gasteiger partial charge in [0.25, 0.3) is 5.91 Å². The standard InChI is InChI=1S/C33H46N2O/c1-23-12-14-25(15-13-23)28(18-19-31(3,4)5)35-30(36)29(26-11-9-10-24(2)22-26)34-33(35)20-16-27(17-21-33)32(6,7)8/h9-15,22,27-28H,16-21H2,1-8H3. The summed E-state index contributed by atoms with van der Waals surface area (Å²) in [4.78, 5) is 22.0. The van der Waals surface area contributed by atoms with Gasteiger partial charge in [0, 0.05) is 5.56 Å². The van der Waals surface area contributed by atoms with E-state index < -0.39 is 5.66 Å². The molecule has 2 aliphatic rings. The van der Waals surface area contributed by atoms with E-state index in [0.717, 1.165) is 49.7 Å². The fourth-order valence-electron chi connectivity index (χ4n) is 6.13. The van der Waals surface area contributed by atoms with Crippen LogP contribution in [-0.4, -0.2) is 22.2 Å². The van der Waals surface area contributed by atoms with Crippen molar-refractivity contribution in [3.63, 3.8) is 0 Å². The number of hydrogen-bond acceptors (Lipinski definition) is 2. The van der Waals surface area contributed by atoms with Gasteiger partial charge in [0.2, 0.25) is 0 Å². The monoisotopic (exact) mass is 486 g/mol. The van der Waals surface area contributed by atoms with Crippen molar-refractivity contribution in [3.05, 3.63) is 70.8 Å². The predicted octanol–water partition coefficient (Wildman–Crippen LogP) is 8.43. The van der Waals surface area contributed by atoms with Crippen LogP contribution in [0.3, 0.4) is 0 Å². The third-order valence-corrected chi connectivity index (χ3v) is 8.43. The molecule has 0 radical (unpaired) electrons. The number of nitrogens with zero attached hydrogens (tertiary/aromatic N) is 2. The zero-order valence-electron chi connectivity index (χ0n) is 23.8. The molecule has 36 heavy (non-hydrogen) atoms. The molecule has 1 aliphatic heterocycles. The molecule has 194 valence electrons. The van der Waals surface area contributed by atoms with Crippen LogP contribution >= 0.6 is 0 Å². The van der Waals surface area contributed by atoms with E-state index in [-0.39, 0.29) is 22.8 Å². The maximum absolute atomic E-state index is 14.4. The Bertz CT molecular complexity index is 1110. The van der Waals surface area contributed by atoms with E-state index in [9.17, 15) is 4.79 Å². The van der Waals surface area contributed by atoms with Gasteiger partial charge in [-0.05, 0) is 80.8 Å². The summed E-state index contributed by atoms with van der Waals surface area (Å²) in [6.07, 6.45) is 6.09. The van der Waals surface area contributed by atoms with Gasteiger partial charge in [0.15, 0.2) is 0 Å². The minimum absolute atomic E-state index is 0.0228. The van der Waals surface area contributed by atoms with E-state index in [0.29, 0.717) is 11.6 Å². The molecule has 2 aromatic carbocycles. The lowest BCUT2D eigenvalue weighted by molar-refractivity contribution is -0.134. The maximum atomic E-state index is 14.4. The van der Waals surface area contributed by atoms with Crippen molar-refractivity contribution in [2.45, 2.75) is 106 Å². The average Bonchev–Trinajstić information content (AvgIpc) is 3.06. The van der Waals surface area contributed by atoms with Crippen LogP contribution in [0.4, 0.5) is 0 Å². The summed E-state index contributed by atoms with van der Waals surface area (Å²) >= 11 is 0. The fraction of sp³-hybridized carbons (Fsp3) is 0.576. The molecule has 1 spiro atoms. The molecule has 1 heterocycles. The van der Waals surface area contributed by atoms with Gasteiger partial charge in [-0.25, -0.2) is 0 Å². The van der Waals surface area contributed by atoms with E-state index in [1.807, 2.05) is 6.07 Å². The number of benzene rings is 2. The van der Waals surface area contributed by atoms with Crippen molar-refractivity contribution in [3.8, 4) is 0 Å². The molecule has 1 aliphatic carbocycles. The van der Waals surface area contributed by atoms with Crippen LogP contribution in [0.1, 0.15) is 108 Å². The van der Waals surface area contributed by atoms with Crippen molar-refractivity contribution in [2.75, 3.05) is 0 Å². The highest BCUT2D eigenvalue weighted by Crippen LogP contribution is 2.50. The van der Waals surface area contributed by atoms with E-state index in [2.05, 4.69) is 103 Å².